The molecule has 0 spiro atoms. The molecule has 6 rings (SSSR count). The fourth-order valence-electron chi connectivity index (χ4n) is 12.2. The molecule has 6 aliphatic rings. The van der Waals surface area contributed by atoms with E-state index >= 15 is 0 Å². The van der Waals surface area contributed by atoms with Crippen LogP contribution in [-0.4, -0.2) is 104 Å². The molecule has 0 aliphatic heterocycles. The van der Waals surface area contributed by atoms with Crippen LogP contribution in [0.2, 0.25) is 0 Å². The minimum atomic E-state index is -0.461. The highest BCUT2D eigenvalue weighted by Crippen LogP contribution is 2.49. The molecule has 0 heterocycles. The van der Waals surface area contributed by atoms with E-state index in [-0.39, 0.29) is 61.6 Å². The average Bonchev–Trinajstić information content (AvgIpc) is 3.11. The summed E-state index contributed by atoms with van der Waals surface area (Å²) in [5, 5.41) is 67.9. The first-order chi connectivity index (χ1) is 23.3. The van der Waals surface area contributed by atoms with E-state index in [9.17, 15) is 30.6 Å². The minimum Gasteiger partial charge on any atom is -0.396 e. The van der Waals surface area contributed by atoms with Crippen LogP contribution < -0.4 is 5.43 Å². The van der Waals surface area contributed by atoms with Gasteiger partial charge in [0.25, 0.3) is 0 Å². The van der Waals surface area contributed by atoms with Gasteiger partial charge in [0.1, 0.15) is 6.73 Å². The van der Waals surface area contributed by atoms with Crippen molar-refractivity contribution in [2.45, 2.75) is 127 Å². The van der Waals surface area contributed by atoms with Crippen molar-refractivity contribution in [3.63, 3.8) is 0 Å². The summed E-state index contributed by atoms with van der Waals surface area (Å²) in [6.45, 7) is 1.77. The van der Waals surface area contributed by atoms with E-state index in [0.717, 1.165) is 83.5 Å². The molecule has 9 nitrogen and oxygen atoms in total. The normalized spacial score (nSPS) is 43.1. The van der Waals surface area contributed by atoms with Gasteiger partial charge < -0.3 is 35.5 Å². The smallest absolute Gasteiger partial charge is 0.185 e. The zero-order chi connectivity index (χ0) is 33.8. The van der Waals surface area contributed by atoms with Gasteiger partial charge in [0, 0.05) is 44.7 Å². The first-order valence-electron chi connectivity index (χ1n) is 20.0. The van der Waals surface area contributed by atoms with Gasteiger partial charge in [0.2, 0.25) is 0 Å². The average molecular weight is 694 g/mol. The second-order valence-electron chi connectivity index (χ2n) is 17.1. The number of nitrogens with zero attached hydrogens (tertiary/aromatic N) is 2. The maximum absolute atomic E-state index is 11.8. The molecule has 0 aromatic rings. The topological polar surface area (TPSA) is 140 Å². The van der Waals surface area contributed by atoms with Gasteiger partial charge in [-0.25, -0.2) is 5.01 Å². The highest BCUT2D eigenvalue weighted by atomic mass is 32.1. The molecule has 0 aromatic carbocycles. The van der Waals surface area contributed by atoms with Crippen LogP contribution in [0.3, 0.4) is 0 Å². The number of nitrogens with one attached hydrogen (secondary N) is 1. The minimum absolute atomic E-state index is 0.0101. The van der Waals surface area contributed by atoms with Gasteiger partial charge in [-0.15, -0.1) is 0 Å². The van der Waals surface area contributed by atoms with Gasteiger partial charge in [-0.3, -0.25) is 5.43 Å². The first-order valence-corrected chi connectivity index (χ1v) is 20.4. The van der Waals surface area contributed by atoms with Crippen molar-refractivity contribution < 1.29 is 30.6 Å². The maximum atomic E-state index is 11.8. The van der Waals surface area contributed by atoms with Gasteiger partial charge in [-0.1, -0.05) is 44.9 Å². The fourth-order valence-corrected chi connectivity index (χ4v) is 12.5. The number of thiocarbonyl (C=S) groups is 1. The molecule has 6 aliphatic carbocycles. The summed E-state index contributed by atoms with van der Waals surface area (Å²) in [4.78, 5) is 1.81. The molecule has 6 saturated carbocycles. The molecule has 7 N–H and O–H groups in total. The zero-order valence-electron chi connectivity index (χ0n) is 29.3. The third kappa shape index (κ3) is 8.22. The van der Waals surface area contributed by atoms with Crippen LogP contribution in [0.5, 0.6) is 0 Å². The molecule has 10 heteroatoms. The van der Waals surface area contributed by atoms with Crippen LogP contribution in [0.4, 0.5) is 0 Å². The van der Waals surface area contributed by atoms with Crippen molar-refractivity contribution in [2.24, 2.45) is 65.1 Å². The maximum Gasteiger partial charge on any atom is 0.185 e. The lowest BCUT2D eigenvalue weighted by molar-refractivity contribution is -0.0940. The van der Waals surface area contributed by atoms with Crippen LogP contribution in [0.15, 0.2) is 0 Å². The molecule has 48 heavy (non-hydrogen) atoms. The largest absolute Gasteiger partial charge is 0.396 e. The Labute approximate surface area is 294 Å². The highest BCUT2D eigenvalue weighted by Gasteiger charge is 2.48. The van der Waals surface area contributed by atoms with Crippen LogP contribution in [0.1, 0.15) is 109 Å². The molecule has 0 bridgehead atoms. The lowest BCUT2D eigenvalue weighted by atomic mass is 9.60. The Balaban J connectivity index is 1.19. The van der Waals surface area contributed by atoms with E-state index in [0.29, 0.717) is 54.3 Å². The van der Waals surface area contributed by atoms with Crippen LogP contribution in [0, 0.1) is 65.1 Å². The molecule has 0 aromatic heterocycles. The summed E-state index contributed by atoms with van der Waals surface area (Å²) in [6.07, 6.45) is 17.0. The standard InChI is InChI=1S/C38H67N3O6S/c42-16-15-25-17-28(36(46)33-11-5-3-8-30(25)33)21-41(20-27-18-29(22-43)37(47)34-12-6-4-9-31(27)34)39-38(48)40(23-44)19-26-14-13-24-7-1-2-10-32(24)35(26)45/h24-37,42-47H,1-23H2,(H,39,48). The Bertz CT molecular complexity index is 1020. The summed E-state index contributed by atoms with van der Waals surface area (Å²) < 4.78 is 0. The van der Waals surface area contributed by atoms with Crippen molar-refractivity contribution in [1.82, 2.24) is 15.3 Å². The SMILES string of the molecule is OCCC1CC(CN(CC2CC(CO)C(O)C3CCCCC23)NC(=S)N(CO)CC2CCC3CCCCC3C2O)C(O)C2CCCCC12. The van der Waals surface area contributed by atoms with Gasteiger partial charge in [-0.2, -0.15) is 0 Å². The third-order valence-electron chi connectivity index (χ3n) is 14.6. The molecule has 6 fully saturated rings. The third-order valence-corrected chi connectivity index (χ3v) is 15.0. The second kappa shape index (κ2) is 17.3. The first kappa shape index (κ1) is 37.2. The Morgan fingerprint density at radius 3 is 1.75 bits per heavy atom. The monoisotopic (exact) mass is 693 g/mol. The van der Waals surface area contributed by atoms with Crippen molar-refractivity contribution >= 4 is 17.3 Å². The molecule has 14 atom stereocenters. The Hall–Kier alpha value is -0.590. The van der Waals surface area contributed by atoms with E-state index in [1.54, 1.807) is 0 Å². The number of rotatable bonds is 11. The van der Waals surface area contributed by atoms with Gasteiger partial charge in [0.05, 0.1) is 18.3 Å². The quantitative estimate of drug-likeness (QED) is 0.0970. The summed E-state index contributed by atoms with van der Waals surface area (Å²) in [5.41, 5.74) is 3.57. The van der Waals surface area contributed by atoms with Crippen molar-refractivity contribution in [2.75, 3.05) is 39.6 Å². The Morgan fingerprint density at radius 2 is 1.10 bits per heavy atom. The summed E-state index contributed by atoms with van der Waals surface area (Å²) in [7, 11) is 0. The molecule has 14 unspecified atom stereocenters. The van der Waals surface area contributed by atoms with Gasteiger partial charge in [0.15, 0.2) is 5.11 Å². The summed E-state index contributed by atoms with van der Waals surface area (Å²) in [5.74, 6) is 2.93. The lowest BCUT2D eigenvalue weighted by Crippen LogP contribution is -2.58. The van der Waals surface area contributed by atoms with E-state index in [4.69, 9.17) is 12.2 Å². The van der Waals surface area contributed by atoms with Crippen LogP contribution in [0.25, 0.3) is 0 Å². The Morgan fingerprint density at radius 1 is 0.562 bits per heavy atom. The molecular formula is C38H67N3O6S. The van der Waals surface area contributed by atoms with E-state index in [1.165, 1.54) is 25.7 Å². The van der Waals surface area contributed by atoms with E-state index in [1.807, 2.05) is 4.90 Å². The second-order valence-corrected chi connectivity index (χ2v) is 17.5. The van der Waals surface area contributed by atoms with Crippen molar-refractivity contribution in [1.29, 1.82) is 0 Å². The molecule has 276 valence electrons. The summed E-state index contributed by atoms with van der Waals surface area (Å²) in [6, 6.07) is 0. The molecule has 0 amide bonds. The number of hydrogen-bond donors (Lipinski definition) is 7. The van der Waals surface area contributed by atoms with Crippen LogP contribution in [-0.2, 0) is 0 Å². The number of aliphatic hydroxyl groups excluding tert-OH is 6. The molecular weight excluding hydrogens is 627 g/mol. The number of fused-ring (bicyclic) bond motifs is 3. The van der Waals surface area contributed by atoms with Crippen molar-refractivity contribution in [3.05, 3.63) is 0 Å². The molecule has 0 radical (unpaired) electrons. The predicted octanol–water partition coefficient (Wildman–Crippen LogP) is 3.89. The molecule has 0 saturated heterocycles. The van der Waals surface area contributed by atoms with E-state index < -0.39 is 12.2 Å². The number of aliphatic hydroxyl groups is 6. The zero-order valence-corrected chi connectivity index (χ0v) is 30.1. The van der Waals surface area contributed by atoms with Crippen LogP contribution >= 0.6 is 12.2 Å². The van der Waals surface area contributed by atoms with Crippen molar-refractivity contribution in [3.8, 4) is 0 Å². The summed E-state index contributed by atoms with van der Waals surface area (Å²) >= 11 is 6.03. The Kier molecular flexibility index (Phi) is 13.4. The highest BCUT2D eigenvalue weighted by molar-refractivity contribution is 7.80. The number of hydrogen-bond acceptors (Lipinski definition) is 8. The fraction of sp³-hybridized carbons (Fsp3) is 0.974. The van der Waals surface area contributed by atoms with E-state index in [2.05, 4.69) is 10.4 Å². The lowest BCUT2D eigenvalue weighted by Gasteiger charge is -2.51. The predicted molar refractivity (Wildman–Crippen MR) is 190 cm³/mol. The van der Waals surface area contributed by atoms with Gasteiger partial charge in [-0.05, 0) is 130 Å². The number of hydrazine groups is 1. The van der Waals surface area contributed by atoms with Gasteiger partial charge >= 0.3 is 0 Å².